The van der Waals surface area contributed by atoms with Crippen molar-refractivity contribution >= 4 is 27.4 Å². The van der Waals surface area contributed by atoms with Crippen LogP contribution in [-0.2, 0) is 4.74 Å². The topological polar surface area (TPSA) is 50.3 Å². The summed E-state index contributed by atoms with van der Waals surface area (Å²) in [7, 11) is 0. The molecule has 0 spiro atoms. The minimum absolute atomic E-state index is 0.230. The number of nitrogens with one attached hydrogen (secondary N) is 1. The molecule has 0 radical (unpaired) electrons. The van der Waals surface area contributed by atoms with Gasteiger partial charge in [-0.15, -0.1) is 11.3 Å². The van der Waals surface area contributed by atoms with Gasteiger partial charge in [0.2, 0.25) is 0 Å². The van der Waals surface area contributed by atoms with E-state index < -0.39 is 0 Å². The van der Waals surface area contributed by atoms with Gasteiger partial charge in [-0.05, 0) is 31.5 Å². The first kappa shape index (κ1) is 18.3. The van der Waals surface area contributed by atoms with E-state index in [-0.39, 0.29) is 5.82 Å². The average molecular weight is 386 g/mol. The zero-order valence-corrected chi connectivity index (χ0v) is 16.4. The zero-order valence-electron chi connectivity index (χ0n) is 15.6. The van der Waals surface area contributed by atoms with Crippen molar-refractivity contribution in [1.29, 1.82) is 0 Å². The molecular formula is C20H23FN4OS. The van der Waals surface area contributed by atoms with Gasteiger partial charge in [-0.2, -0.15) is 0 Å². The lowest BCUT2D eigenvalue weighted by Crippen LogP contribution is -2.39. The normalized spacial score (nSPS) is 15.4. The maximum Gasteiger partial charge on any atom is 0.139 e. The molecule has 0 atom stereocenters. The summed E-state index contributed by atoms with van der Waals surface area (Å²) in [6, 6.07) is 6.64. The van der Waals surface area contributed by atoms with Crippen molar-refractivity contribution in [2.24, 2.45) is 0 Å². The Morgan fingerprint density at radius 1 is 1.15 bits per heavy atom. The third-order valence-electron chi connectivity index (χ3n) is 4.80. The highest BCUT2D eigenvalue weighted by Gasteiger charge is 2.18. The number of anilines is 1. The molecule has 1 N–H and O–H groups in total. The van der Waals surface area contributed by atoms with E-state index in [9.17, 15) is 4.39 Å². The van der Waals surface area contributed by atoms with Gasteiger partial charge >= 0.3 is 0 Å². The van der Waals surface area contributed by atoms with Gasteiger partial charge in [0.05, 0.1) is 18.6 Å². The van der Waals surface area contributed by atoms with Crippen LogP contribution in [0.5, 0.6) is 0 Å². The first-order valence-corrected chi connectivity index (χ1v) is 10.0. The van der Waals surface area contributed by atoms with Crippen LogP contribution in [0, 0.1) is 19.7 Å². The Hall–Kier alpha value is -2.09. The number of nitrogens with zero attached hydrogens (tertiary/aromatic N) is 3. The van der Waals surface area contributed by atoms with E-state index >= 15 is 0 Å². The van der Waals surface area contributed by atoms with Crippen molar-refractivity contribution in [3.05, 3.63) is 40.8 Å². The Morgan fingerprint density at radius 2 is 1.89 bits per heavy atom. The van der Waals surface area contributed by atoms with Gasteiger partial charge in [0, 0.05) is 36.6 Å². The van der Waals surface area contributed by atoms with E-state index in [1.165, 1.54) is 12.1 Å². The summed E-state index contributed by atoms with van der Waals surface area (Å²) in [5.74, 6) is 1.38. The van der Waals surface area contributed by atoms with Crippen molar-refractivity contribution < 1.29 is 9.13 Å². The largest absolute Gasteiger partial charge is 0.379 e. The van der Waals surface area contributed by atoms with Gasteiger partial charge in [0.15, 0.2) is 0 Å². The number of aromatic nitrogens is 2. The van der Waals surface area contributed by atoms with Crippen LogP contribution >= 0.6 is 11.3 Å². The second-order valence-electron chi connectivity index (χ2n) is 6.72. The monoisotopic (exact) mass is 386 g/mol. The van der Waals surface area contributed by atoms with Crippen molar-refractivity contribution in [2.75, 3.05) is 44.7 Å². The maximum absolute atomic E-state index is 13.4. The zero-order chi connectivity index (χ0) is 18.8. The van der Waals surface area contributed by atoms with Gasteiger partial charge in [0.1, 0.15) is 22.3 Å². The number of ether oxygens (including phenoxy) is 1. The molecule has 1 aromatic carbocycles. The summed E-state index contributed by atoms with van der Waals surface area (Å²) >= 11 is 1.66. The lowest BCUT2D eigenvalue weighted by molar-refractivity contribution is 0.0398. The molecule has 142 valence electrons. The maximum atomic E-state index is 13.4. The number of rotatable bonds is 5. The van der Waals surface area contributed by atoms with Crippen molar-refractivity contribution in [2.45, 2.75) is 13.8 Å². The van der Waals surface area contributed by atoms with Crippen molar-refractivity contribution in [1.82, 2.24) is 14.9 Å². The Kier molecular flexibility index (Phi) is 5.33. The predicted molar refractivity (Wildman–Crippen MR) is 108 cm³/mol. The van der Waals surface area contributed by atoms with Gasteiger partial charge in [-0.1, -0.05) is 12.1 Å². The Morgan fingerprint density at radius 3 is 2.63 bits per heavy atom. The molecule has 7 heteroatoms. The van der Waals surface area contributed by atoms with Crippen LogP contribution in [0.25, 0.3) is 21.3 Å². The van der Waals surface area contributed by atoms with Crippen LogP contribution in [0.4, 0.5) is 10.2 Å². The van der Waals surface area contributed by atoms with Crippen LogP contribution in [0.3, 0.4) is 0 Å². The number of thiophene rings is 1. The first-order chi connectivity index (χ1) is 13.1. The molecule has 1 aliphatic rings. The van der Waals surface area contributed by atoms with Crippen molar-refractivity contribution in [3.63, 3.8) is 0 Å². The molecule has 0 aliphatic carbocycles. The molecular weight excluding hydrogens is 363 g/mol. The number of morpholine rings is 1. The van der Waals surface area contributed by atoms with E-state index in [2.05, 4.69) is 27.1 Å². The highest BCUT2D eigenvalue weighted by Crippen LogP contribution is 2.40. The van der Waals surface area contributed by atoms with Gasteiger partial charge in [-0.25, -0.2) is 14.4 Å². The molecule has 0 bridgehead atoms. The Balaban J connectivity index is 1.65. The smallest absolute Gasteiger partial charge is 0.139 e. The van der Waals surface area contributed by atoms with Crippen molar-refractivity contribution in [3.8, 4) is 11.1 Å². The summed E-state index contributed by atoms with van der Waals surface area (Å²) in [5.41, 5.74) is 2.08. The summed E-state index contributed by atoms with van der Waals surface area (Å²) < 4.78 is 18.8. The van der Waals surface area contributed by atoms with E-state index in [1.54, 1.807) is 11.3 Å². The second-order valence-corrected chi connectivity index (χ2v) is 7.92. The number of fused-ring (bicyclic) bond motifs is 1. The fourth-order valence-electron chi connectivity index (χ4n) is 3.47. The standard InChI is InChI=1S/C20H23FN4OS/c1-13-17(15-3-5-16(21)6-4-15)18-19(23-14(2)24-20(18)27-13)22-7-8-25-9-11-26-12-10-25/h3-6H,7-12H2,1-2H3,(H,22,23,24). The summed E-state index contributed by atoms with van der Waals surface area (Å²) in [4.78, 5) is 13.8. The number of hydrogen-bond acceptors (Lipinski definition) is 6. The number of benzene rings is 1. The molecule has 1 aliphatic heterocycles. The van der Waals surface area contributed by atoms with Crippen LogP contribution in [-0.4, -0.2) is 54.3 Å². The molecule has 3 aromatic rings. The Labute approximate surface area is 162 Å². The first-order valence-electron chi connectivity index (χ1n) is 9.19. The second kappa shape index (κ2) is 7.88. The van der Waals surface area contributed by atoms with Crippen LogP contribution in [0.2, 0.25) is 0 Å². The van der Waals surface area contributed by atoms with E-state index in [4.69, 9.17) is 4.74 Å². The summed E-state index contributed by atoms with van der Waals surface area (Å²) in [6.45, 7) is 9.30. The van der Waals surface area contributed by atoms with E-state index in [0.29, 0.717) is 0 Å². The highest BCUT2D eigenvalue weighted by molar-refractivity contribution is 7.19. The van der Waals surface area contributed by atoms with Gasteiger partial charge in [0.25, 0.3) is 0 Å². The lowest BCUT2D eigenvalue weighted by Gasteiger charge is -2.26. The Bertz CT molecular complexity index is 935. The molecule has 2 aromatic heterocycles. The van der Waals surface area contributed by atoms with Crippen LogP contribution in [0.1, 0.15) is 10.7 Å². The fourth-order valence-corrected chi connectivity index (χ4v) is 4.56. The average Bonchev–Trinajstić information content (AvgIpc) is 2.99. The SMILES string of the molecule is Cc1nc(NCCN2CCOCC2)c2c(-c3ccc(F)cc3)c(C)sc2n1. The number of halogens is 1. The van der Waals surface area contributed by atoms with Gasteiger partial charge in [-0.3, -0.25) is 4.90 Å². The summed E-state index contributed by atoms with van der Waals surface area (Å²) in [5, 5.41) is 4.53. The van der Waals surface area contributed by atoms with E-state index in [0.717, 1.165) is 77.3 Å². The molecule has 0 unspecified atom stereocenters. The summed E-state index contributed by atoms with van der Waals surface area (Å²) in [6.07, 6.45) is 0. The highest BCUT2D eigenvalue weighted by atomic mass is 32.1. The third-order valence-corrected chi connectivity index (χ3v) is 5.80. The van der Waals surface area contributed by atoms with Gasteiger partial charge < -0.3 is 10.1 Å². The predicted octanol–water partition coefficient (Wildman–Crippen LogP) is 3.86. The third kappa shape index (κ3) is 3.95. The minimum atomic E-state index is -0.230. The molecule has 1 saturated heterocycles. The number of hydrogen-bond donors (Lipinski definition) is 1. The lowest BCUT2D eigenvalue weighted by atomic mass is 10.0. The van der Waals surface area contributed by atoms with Crippen LogP contribution in [0.15, 0.2) is 24.3 Å². The molecule has 4 rings (SSSR count). The number of aryl methyl sites for hydroxylation is 2. The molecule has 0 saturated carbocycles. The molecule has 1 fully saturated rings. The quantitative estimate of drug-likeness (QED) is 0.722. The molecule has 3 heterocycles. The fraction of sp³-hybridized carbons (Fsp3) is 0.400. The molecule has 27 heavy (non-hydrogen) atoms. The minimum Gasteiger partial charge on any atom is -0.379 e. The van der Waals surface area contributed by atoms with E-state index in [1.807, 2.05) is 19.1 Å². The molecule has 0 amide bonds. The molecule has 5 nitrogen and oxygen atoms in total. The van der Waals surface area contributed by atoms with Crippen LogP contribution < -0.4 is 5.32 Å².